The number of aryl methyl sites for hydroxylation is 2. The van der Waals surface area contributed by atoms with E-state index in [9.17, 15) is 0 Å². The molecule has 2 nitrogen and oxygen atoms in total. The zero-order chi connectivity index (χ0) is 14.7. The van der Waals surface area contributed by atoms with Crippen LogP contribution in [0, 0.1) is 6.92 Å². The number of pyridine rings is 1. The van der Waals surface area contributed by atoms with Gasteiger partial charge in [-0.05, 0) is 25.5 Å². The Balaban J connectivity index is 2.06. The molecule has 0 saturated carbocycles. The van der Waals surface area contributed by atoms with Crippen LogP contribution in [0.3, 0.4) is 0 Å². The van der Waals surface area contributed by atoms with Crippen molar-refractivity contribution in [1.29, 1.82) is 0 Å². The lowest BCUT2D eigenvalue weighted by atomic mass is 10.1. The van der Waals surface area contributed by atoms with Crippen LogP contribution in [-0.2, 0) is 6.42 Å². The van der Waals surface area contributed by atoms with Gasteiger partial charge in [0.1, 0.15) is 5.01 Å². The monoisotopic (exact) mass is 314 g/mol. The Morgan fingerprint density at radius 1 is 1.10 bits per heavy atom. The second-order valence-corrected chi connectivity index (χ2v) is 6.30. The summed E-state index contributed by atoms with van der Waals surface area (Å²) in [5, 5.41) is 0.999. The first-order valence-electron chi connectivity index (χ1n) is 6.81. The summed E-state index contributed by atoms with van der Waals surface area (Å²) in [6, 6.07) is 12.4. The zero-order valence-electron chi connectivity index (χ0n) is 11.7. The summed E-state index contributed by atoms with van der Waals surface area (Å²) in [6.07, 6.45) is 4.46. The maximum Gasteiger partial charge on any atom is 0.125 e. The molecule has 0 fully saturated rings. The zero-order valence-corrected chi connectivity index (χ0v) is 13.3. The molecule has 0 bridgehead atoms. The summed E-state index contributed by atoms with van der Waals surface area (Å²) in [6.45, 7) is 2.09. The van der Waals surface area contributed by atoms with Gasteiger partial charge in [0, 0.05) is 34.3 Å². The van der Waals surface area contributed by atoms with Gasteiger partial charge in [-0.2, -0.15) is 0 Å². The molecule has 0 N–H and O–H groups in total. The average Bonchev–Trinajstić information content (AvgIpc) is 2.93. The lowest BCUT2D eigenvalue weighted by Crippen LogP contribution is -1.87. The van der Waals surface area contributed by atoms with E-state index in [2.05, 4.69) is 36.2 Å². The smallest absolute Gasteiger partial charge is 0.125 e. The third-order valence-electron chi connectivity index (χ3n) is 3.25. The molecule has 106 valence electrons. The predicted molar refractivity (Wildman–Crippen MR) is 89.9 cm³/mol. The molecule has 4 heteroatoms. The number of halogens is 1. The molecule has 0 aliphatic carbocycles. The summed E-state index contributed by atoms with van der Waals surface area (Å²) in [5.74, 6) is 0.605. The molecule has 0 atom stereocenters. The van der Waals surface area contributed by atoms with Gasteiger partial charge >= 0.3 is 0 Å². The average molecular weight is 315 g/mol. The van der Waals surface area contributed by atoms with Crippen LogP contribution < -0.4 is 0 Å². The van der Waals surface area contributed by atoms with E-state index >= 15 is 0 Å². The van der Waals surface area contributed by atoms with E-state index in [0.29, 0.717) is 5.88 Å². The van der Waals surface area contributed by atoms with Crippen molar-refractivity contribution in [3.63, 3.8) is 0 Å². The first kappa shape index (κ1) is 14.2. The molecule has 0 spiro atoms. The van der Waals surface area contributed by atoms with Gasteiger partial charge in [-0.25, -0.2) is 4.98 Å². The number of thiazole rings is 1. The van der Waals surface area contributed by atoms with E-state index in [-0.39, 0.29) is 0 Å². The molecule has 0 unspecified atom stereocenters. The summed E-state index contributed by atoms with van der Waals surface area (Å²) in [5.41, 5.74) is 4.49. The molecule has 3 aromatic rings. The minimum absolute atomic E-state index is 0.605. The third-order valence-corrected chi connectivity index (χ3v) is 4.61. The van der Waals surface area contributed by atoms with Crippen molar-refractivity contribution in [3.8, 4) is 21.8 Å². The van der Waals surface area contributed by atoms with E-state index in [1.807, 2.05) is 18.3 Å². The summed E-state index contributed by atoms with van der Waals surface area (Å²) in [7, 11) is 0. The maximum absolute atomic E-state index is 5.94. The molecule has 2 heterocycles. The van der Waals surface area contributed by atoms with E-state index in [1.165, 1.54) is 10.4 Å². The molecule has 0 aliphatic heterocycles. The van der Waals surface area contributed by atoms with Crippen molar-refractivity contribution in [1.82, 2.24) is 9.97 Å². The van der Waals surface area contributed by atoms with Gasteiger partial charge in [0.05, 0.1) is 5.69 Å². The Morgan fingerprint density at radius 2 is 1.90 bits per heavy atom. The highest BCUT2D eigenvalue weighted by Crippen LogP contribution is 2.34. The number of benzene rings is 1. The van der Waals surface area contributed by atoms with Crippen LogP contribution in [-0.4, -0.2) is 15.8 Å². The quantitative estimate of drug-likeness (QED) is 0.636. The fourth-order valence-electron chi connectivity index (χ4n) is 2.16. The van der Waals surface area contributed by atoms with Crippen LogP contribution >= 0.6 is 22.9 Å². The molecule has 1 aromatic carbocycles. The number of hydrogen-bond donors (Lipinski definition) is 0. The Labute approximate surface area is 133 Å². The number of hydrogen-bond acceptors (Lipinski definition) is 3. The Hall–Kier alpha value is -1.71. The summed E-state index contributed by atoms with van der Waals surface area (Å²) in [4.78, 5) is 10.2. The SMILES string of the molecule is Cc1ccc(-c2nc(-c3cccnc3)sc2CCCl)cc1. The minimum atomic E-state index is 0.605. The van der Waals surface area contributed by atoms with Gasteiger partial charge in [-0.1, -0.05) is 29.8 Å². The van der Waals surface area contributed by atoms with Crippen LogP contribution in [0.2, 0.25) is 0 Å². The van der Waals surface area contributed by atoms with Crippen LogP contribution in [0.4, 0.5) is 0 Å². The molecule has 0 aliphatic rings. The summed E-state index contributed by atoms with van der Waals surface area (Å²) < 4.78 is 0. The van der Waals surface area contributed by atoms with Crippen molar-refractivity contribution >= 4 is 22.9 Å². The van der Waals surface area contributed by atoms with Gasteiger partial charge in [0.15, 0.2) is 0 Å². The van der Waals surface area contributed by atoms with E-state index in [0.717, 1.165) is 28.2 Å². The second-order valence-electron chi connectivity index (χ2n) is 4.84. The van der Waals surface area contributed by atoms with Crippen LogP contribution in [0.25, 0.3) is 21.8 Å². The van der Waals surface area contributed by atoms with Crippen molar-refractivity contribution in [3.05, 3.63) is 59.2 Å². The largest absolute Gasteiger partial charge is 0.264 e. The van der Waals surface area contributed by atoms with Gasteiger partial charge < -0.3 is 0 Å². The van der Waals surface area contributed by atoms with Crippen molar-refractivity contribution in [2.75, 3.05) is 5.88 Å². The normalized spacial score (nSPS) is 10.8. The van der Waals surface area contributed by atoms with Gasteiger partial charge in [0.25, 0.3) is 0 Å². The van der Waals surface area contributed by atoms with Crippen LogP contribution in [0.1, 0.15) is 10.4 Å². The highest BCUT2D eigenvalue weighted by atomic mass is 35.5. The molecular weight excluding hydrogens is 300 g/mol. The number of alkyl halides is 1. The van der Waals surface area contributed by atoms with Crippen molar-refractivity contribution < 1.29 is 0 Å². The Kier molecular flexibility index (Phi) is 4.32. The van der Waals surface area contributed by atoms with Crippen molar-refractivity contribution in [2.45, 2.75) is 13.3 Å². The fourth-order valence-corrected chi connectivity index (χ4v) is 3.53. The maximum atomic E-state index is 5.94. The van der Waals surface area contributed by atoms with E-state index in [1.54, 1.807) is 17.5 Å². The van der Waals surface area contributed by atoms with Crippen molar-refractivity contribution in [2.24, 2.45) is 0 Å². The molecule has 21 heavy (non-hydrogen) atoms. The molecular formula is C17H15ClN2S. The fraction of sp³-hybridized carbons (Fsp3) is 0.176. The topological polar surface area (TPSA) is 25.8 Å². The lowest BCUT2D eigenvalue weighted by molar-refractivity contribution is 1.18. The third kappa shape index (κ3) is 3.14. The Morgan fingerprint density at radius 3 is 2.57 bits per heavy atom. The standard InChI is InChI=1S/C17H15ClN2S/c1-12-4-6-13(7-5-12)16-15(8-9-18)21-17(20-16)14-3-2-10-19-11-14/h2-7,10-11H,8-9H2,1H3. The molecule has 0 saturated heterocycles. The predicted octanol–water partition coefficient (Wildman–Crippen LogP) is 4.96. The summed E-state index contributed by atoms with van der Waals surface area (Å²) >= 11 is 7.64. The highest BCUT2D eigenvalue weighted by Gasteiger charge is 2.14. The highest BCUT2D eigenvalue weighted by molar-refractivity contribution is 7.15. The second kappa shape index (κ2) is 6.37. The minimum Gasteiger partial charge on any atom is -0.264 e. The first-order valence-corrected chi connectivity index (χ1v) is 8.16. The van der Waals surface area contributed by atoms with Gasteiger partial charge in [0.2, 0.25) is 0 Å². The molecule has 0 radical (unpaired) electrons. The molecule has 3 rings (SSSR count). The molecule has 0 amide bonds. The van der Waals surface area contributed by atoms with E-state index in [4.69, 9.17) is 16.6 Å². The van der Waals surface area contributed by atoms with Crippen LogP contribution in [0.5, 0.6) is 0 Å². The molecule has 2 aromatic heterocycles. The lowest BCUT2D eigenvalue weighted by Gasteiger charge is -2.01. The van der Waals surface area contributed by atoms with Gasteiger partial charge in [-0.15, -0.1) is 22.9 Å². The number of rotatable bonds is 4. The number of aromatic nitrogens is 2. The van der Waals surface area contributed by atoms with E-state index < -0.39 is 0 Å². The Bertz CT molecular complexity index is 720. The number of nitrogens with zero attached hydrogens (tertiary/aromatic N) is 2. The van der Waals surface area contributed by atoms with Crippen LogP contribution in [0.15, 0.2) is 48.8 Å². The van der Waals surface area contributed by atoms with Gasteiger partial charge in [-0.3, -0.25) is 4.98 Å². The first-order chi connectivity index (χ1) is 10.3.